The first kappa shape index (κ1) is 31.9. The van der Waals surface area contributed by atoms with E-state index in [-0.39, 0.29) is 16.2 Å². The molecule has 4 heteroatoms. The zero-order chi connectivity index (χ0) is 34.0. The molecule has 0 N–H and O–H groups in total. The van der Waals surface area contributed by atoms with E-state index < -0.39 is 0 Å². The molecule has 0 saturated heterocycles. The van der Waals surface area contributed by atoms with Crippen molar-refractivity contribution >= 4 is 63.5 Å². The van der Waals surface area contributed by atoms with E-state index >= 15 is 0 Å². The number of hydrogen-bond acceptors (Lipinski definition) is 3. The average Bonchev–Trinajstić information content (AvgIpc) is 3.38. The molecule has 5 aromatic carbocycles. The maximum absolute atomic E-state index is 6.76. The summed E-state index contributed by atoms with van der Waals surface area (Å²) in [6.45, 7) is 20.4. The minimum Gasteiger partial charge on any atom is -0.469 e. The fourth-order valence-corrected chi connectivity index (χ4v) is 6.67. The highest BCUT2D eigenvalue weighted by Crippen LogP contribution is 2.44. The lowest BCUT2D eigenvalue weighted by molar-refractivity contribution is 0.590. The van der Waals surface area contributed by atoms with E-state index in [9.17, 15) is 0 Å². The Morgan fingerprint density at radius 2 is 1.00 bits per heavy atom. The third-order valence-corrected chi connectivity index (χ3v) is 9.57. The van der Waals surface area contributed by atoms with Gasteiger partial charge in [-0.25, -0.2) is 0 Å². The van der Waals surface area contributed by atoms with Crippen molar-refractivity contribution in [1.29, 1.82) is 0 Å². The Kier molecular flexibility index (Phi) is 7.62. The summed E-state index contributed by atoms with van der Waals surface area (Å²) in [7, 11) is 2.23. The molecule has 7 rings (SSSR count). The Bertz CT molecular complexity index is 2100. The average molecular weight is 630 g/mol. The minimum absolute atomic E-state index is 0.0193. The van der Waals surface area contributed by atoms with Crippen molar-refractivity contribution < 1.29 is 4.42 Å². The number of benzene rings is 5. The van der Waals surface area contributed by atoms with Gasteiger partial charge in [0.05, 0.1) is 11.3 Å². The molecule has 6 aromatic rings. The standard InChI is InChI=1S/C44H46BN2O/c1-42(2,3)29-17-22-32(23-18-29)46-34-13-12-14-35(28-34)47(33-24-19-30(20-25-33)43(4,5)6)40-36-15-10-11-16-39(36)48-41(40)45-37-26-21-31(27-38(37)46)44(7,8)9/h10-28H,1-9H3. The van der Waals surface area contributed by atoms with Crippen LogP contribution in [0.4, 0.5) is 34.1 Å². The van der Waals surface area contributed by atoms with Gasteiger partial charge in [0.25, 0.3) is 0 Å². The van der Waals surface area contributed by atoms with Crippen LogP contribution in [0.3, 0.4) is 0 Å². The first-order chi connectivity index (χ1) is 22.7. The van der Waals surface area contributed by atoms with Crippen LogP contribution < -0.4 is 20.9 Å². The number of para-hydroxylation sites is 1. The lowest BCUT2D eigenvalue weighted by Gasteiger charge is -2.33. The smallest absolute Gasteiger partial charge is 0.246 e. The van der Waals surface area contributed by atoms with Crippen molar-refractivity contribution in [2.24, 2.45) is 0 Å². The van der Waals surface area contributed by atoms with Crippen LogP contribution in [0.2, 0.25) is 0 Å². The highest BCUT2D eigenvalue weighted by atomic mass is 16.3. The zero-order valence-electron chi connectivity index (χ0n) is 29.8. The van der Waals surface area contributed by atoms with Crippen molar-refractivity contribution in [3.05, 3.63) is 132 Å². The van der Waals surface area contributed by atoms with Gasteiger partial charge in [0, 0.05) is 33.8 Å². The van der Waals surface area contributed by atoms with Gasteiger partial charge in [-0.1, -0.05) is 122 Å². The Morgan fingerprint density at radius 3 is 1.58 bits per heavy atom. The molecule has 0 unspecified atom stereocenters. The molecule has 0 amide bonds. The first-order valence-electron chi connectivity index (χ1n) is 17.1. The van der Waals surface area contributed by atoms with E-state index in [0.29, 0.717) is 0 Å². The molecule has 1 radical (unpaired) electrons. The summed E-state index contributed by atoms with van der Waals surface area (Å²) >= 11 is 0. The lowest BCUT2D eigenvalue weighted by atomic mass is 9.65. The molecule has 3 nitrogen and oxygen atoms in total. The molecule has 0 aliphatic carbocycles. The third kappa shape index (κ3) is 5.83. The Hall–Kier alpha value is -4.70. The predicted molar refractivity (Wildman–Crippen MR) is 207 cm³/mol. The van der Waals surface area contributed by atoms with Crippen molar-refractivity contribution in [2.75, 3.05) is 9.80 Å². The first-order valence-corrected chi connectivity index (χ1v) is 17.1. The molecule has 1 aromatic heterocycles. The van der Waals surface area contributed by atoms with E-state index in [1.165, 1.54) is 16.7 Å². The molecule has 0 atom stereocenters. The Morgan fingerprint density at radius 1 is 0.479 bits per heavy atom. The molecule has 0 spiro atoms. The van der Waals surface area contributed by atoms with Gasteiger partial charge in [-0.05, 0) is 93.6 Å². The highest BCUT2D eigenvalue weighted by molar-refractivity contribution is 6.70. The summed E-state index contributed by atoms with van der Waals surface area (Å²) in [5, 5.41) is 1.08. The van der Waals surface area contributed by atoms with Crippen LogP contribution in [0.1, 0.15) is 79.0 Å². The van der Waals surface area contributed by atoms with Gasteiger partial charge in [-0.2, -0.15) is 0 Å². The SMILES string of the molecule is CC(C)(C)c1ccc(N2c3cccc(c3)N(c3ccc(C(C)(C)C)cc3)c3c(oc4ccccc34)[B]c3ccc(C(C)(C)C)cc32)cc1. The van der Waals surface area contributed by atoms with Gasteiger partial charge >= 0.3 is 0 Å². The highest BCUT2D eigenvalue weighted by Gasteiger charge is 2.29. The van der Waals surface area contributed by atoms with Crippen LogP contribution in [0, 0.1) is 0 Å². The van der Waals surface area contributed by atoms with Gasteiger partial charge in [-0.15, -0.1) is 0 Å². The normalized spacial score (nSPS) is 13.6. The van der Waals surface area contributed by atoms with E-state index in [2.05, 4.69) is 189 Å². The molecule has 0 saturated carbocycles. The monoisotopic (exact) mass is 629 g/mol. The number of hydrogen-bond donors (Lipinski definition) is 0. The number of fused-ring (bicyclic) bond motifs is 6. The number of anilines is 6. The van der Waals surface area contributed by atoms with Crippen molar-refractivity contribution in [3.8, 4) is 0 Å². The second-order valence-corrected chi connectivity index (χ2v) is 16.3. The topological polar surface area (TPSA) is 19.6 Å². The fourth-order valence-electron chi connectivity index (χ4n) is 6.67. The summed E-state index contributed by atoms with van der Waals surface area (Å²) in [5.74, 6) is 0. The maximum Gasteiger partial charge on any atom is 0.246 e. The number of rotatable bonds is 2. The largest absolute Gasteiger partial charge is 0.469 e. The second kappa shape index (κ2) is 11.5. The molecule has 241 valence electrons. The van der Waals surface area contributed by atoms with Gasteiger partial charge in [-0.3, -0.25) is 0 Å². The fraction of sp³-hybridized carbons (Fsp3) is 0.273. The van der Waals surface area contributed by atoms with Crippen LogP contribution in [-0.2, 0) is 16.2 Å². The summed E-state index contributed by atoms with van der Waals surface area (Å²) in [5.41, 5.74) is 13.3. The molecule has 2 bridgehead atoms. The molecule has 2 heterocycles. The van der Waals surface area contributed by atoms with E-state index in [0.717, 1.165) is 56.2 Å². The third-order valence-electron chi connectivity index (χ3n) is 9.57. The van der Waals surface area contributed by atoms with Crippen molar-refractivity contribution in [2.45, 2.75) is 78.6 Å². The molecule has 1 aliphatic rings. The summed E-state index contributed by atoms with van der Waals surface area (Å²) in [6, 6.07) is 42.3. The van der Waals surface area contributed by atoms with E-state index in [1.54, 1.807) is 0 Å². The summed E-state index contributed by atoms with van der Waals surface area (Å²) in [4.78, 5) is 4.77. The second-order valence-electron chi connectivity index (χ2n) is 16.3. The van der Waals surface area contributed by atoms with Crippen LogP contribution in [0.5, 0.6) is 0 Å². The number of furan rings is 1. The van der Waals surface area contributed by atoms with Crippen molar-refractivity contribution in [3.63, 3.8) is 0 Å². The minimum atomic E-state index is -0.0193. The Balaban J connectivity index is 1.52. The molecule has 48 heavy (non-hydrogen) atoms. The predicted octanol–water partition coefficient (Wildman–Crippen LogP) is 11.2. The van der Waals surface area contributed by atoms with Gasteiger partial charge in [0.2, 0.25) is 7.28 Å². The van der Waals surface area contributed by atoms with Gasteiger partial charge < -0.3 is 14.2 Å². The van der Waals surface area contributed by atoms with E-state index in [1.807, 2.05) is 6.07 Å². The molecule has 1 aliphatic heterocycles. The van der Waals surface area contributed by atoms with Crippen molar-refractivity contribution in [1.82, 2.24) is 0 Å². The quantitative estimate of drug-likeness (QED) is 0.177. The maximum atomic E-state index is 6.76. The molecular formula is C44H46BN2O. The van der Waals surface area contributed by atoms with Crippen LogP contribution in [0.25, 0.3) is 11.0 Å². The van der Waals surface area contributed by atoms with Crippen LogP contribution >= 0.6 is 0 Å². The van der Waals surface area contributed by atoms with Crippen LogP contribution in [-0.4, -0.2) is 7.28 Å². The van der Waals surface area contributed by atoms with Crippen LogP contribution in [0.15, 0.2) is 120 Å². The number of nitrogens with zero attached hydrogens (tertiary/aromatic N) is 2. The summed E-state index contributed by atoms with van der Waals surface area (Å²) < 4.78 is 6.76. The Labute approximate surface area is 287 Å². The molecular weight excluding hydrogens is 583 g/mol. The zero-order valence-corrected chi connectivity index (χ0v) is 29.8. The van der Waals surface area contributed by atoms with Gasteiger partial charge in [0.1, 0.15) is 5.58 Å². The molecule has 0 fully saturated rings. The lowest BCUT2D eigenvalue weighted by Crippen LogP contribution is -2.34. The van der Waals surface area contributed by atoms with Gasteiger partial charge in [0.15, 0.2) is 0 Å². The van der Waals surface area contributed by atoms with E-state index in [4.69, 9.17) is 4.42 Å². The summed E-state index contributed by atoms with van der Waals surface area (Å²) in [6.07, 6.45) is 0.